The number of alkyl halides is 3. The summed E-state index contributed by atoms with van der Waals surface area (Å²) in [5, 5.41) is 15.7. The van der Waals surface area contributed by atoms with Crippen LogP contribution in [0.1, 0.15) is 17.5 Å². The minimum absolute atomic E-state index is 0.146. The third kappa shape index (κ3) is 5.12. The number of nitriles is 1. The van der Waals surface area contributed by atoms with Gasteiger partial charge in [0.2, 0.25) is 10.1 Å². The van der Waals surface area contributed by atoms with Gasteiger partial charge in [-0.2, -0.15) is 18.4 Å². The van der Waals surface area contributed by atoms with E-state index in [1.807, 2.05) is 0 Å². The fourth-order valence-electron chi connectivity index (χ4n) is 1.67. The third-order valence-corrected chi connectivity index (χ3v) is 3.59. The topological polar surface area (TPSA) is 105 Å². The summed E-state index contributed by atoms with van der Waals surface area (Å²) in [6, 6.07) is 7.56. The van der Waals surface area contributed by atoms with E-state index in [9.17, 15) is 22.8 Å². The number of carbonyl (C=O) groups excluding carboxylic acids is 2. The van der Waals surface area contributed by atoms with Gasteiger partial charge in [0.1, 0.15) is 17.4 Å². The van der Waals surface area contributed by atoms with Gasteiger partial charge in [-0.05, 0) is 23.8 Å². The molecule has 1 amide bonds. The number of ether oxygens (including phenoxy) is 1. The number of esters is 1. The second kappa shape index (κ2) is 7.75. The van der Waals surface area contributed by atoms with E-state index in [0.29, 0.717) is 5.56 Å². The second-order valence-corrected chi connectivity index (χ2v) is 5.67. The van der Waals surface area contributed by atoms with Gasteiger partial charge >= 0.3 is 12.1 Å². The quantitative estimate of drug-likeness (QED) is 0.377. The molecule has 134 valence electrons. The molecule has 0 saturated heterocycles. The van der Waals surface area contributed by atoms with Crippen molar-refractivity contribution in [3.63, 3.8) is 0 Å². The molecular formula is C15H9F3N4O3S. The van der Waals surface area contributed by atoms with Crippen molar-refractivity contribution in [3.05, 3.63) is 40.4 Å². The number of aromatic nitrogens is 2. The molecular weight excluding hydrogens is 373 g/mol. The van der Waals surface area contributed by atoms with E-state index in [0.717, 1.165) is 0 Å². The van der Waals surface area contributed by atoms with E-state index in [4.69, 9.17) is 10.00 Å². The fraction of sp³-hybridized carbons (Fsp3) is 0.133. The maximum absolute atomic E-state index is 12.5. The minimum Gasteiger partial charge on any atom is -0.427 e. The van der Waals surface area contributed by atoms with Gasteiger partial charge in [-0.25, -0.2) is 0 Å². The Hall–Kier alpha value is -3.26. The lowest BCUT2D eigenvalue weighted by molar-refractivity contribution is -0.138. The molecule has 0 saturated carbocycles. The average molecular weight is 382 g/mol. The molecule has 1 aromatic heterocycles. The number of carbonyl (C=O) groups is 2. The summed E-state index contributed by atoms with van der Waals surface area (Å²) in [5.41, 5.74) is 0.0924. The van der Waals surface area contributed by atoms with Crippen LogP contribution in [0.3, 0.4) is 0 Å². The van der Waals surface area contributed by atoms with Gasteiger partial charge in [-0.1, -0.05) is 23.5 Å². The Balaban J connectivity index is 2.13. The molecule has 1 aromatic carbocycles. The lowest BCUT2D eigenvalue weighted by atomic mass is 10.1. The Morgan fingerprint density at radius 1 is 1.27 bits per heavy atom. The molecule has 0 spiro atoms. The van der Waals surface area contributed by atoms with Crippen molar-refractivity contribution in [1.82, 2.24) is 10.2 Å². The summed E-state index contributed by atoms with van der Waals surface area (Å²) in [6.45, 7) is 1.24. The van der Waals surface area contributed by atoms with Crippen LogP contribution in [0.25, 0.3) is 6.08 Å². The minimum atomic E-state index is -4.67. The van der Waals surface area contributed by atoms with E-state index in [2.05, 4.69) is 15.5 Å². The summed E-state index contributed by atoms with van der Waals surface area (Å²) >= 11 is 0.146. The monoisotopic (exact) mass is 382 g/mol. The van der Waals surface area contributed by atoms with Crippen LogP contribution in [-0.2, 0) is 15.8 Å². The summed E-state index contributed by atoms with van der Waals surface area (Å²) in [6.07, 6.45) is -3.45. The molecule has 0 aliphatic rings. The molecule has 0 aliphatic heterocycles. The Morgan fingerprint density at radius 2 is 1.92 bits per heavy atom. The van der Waals surface area contributed by atoms with Crippen molar-refractivity contribution in [1.29, 1.82) is 5.26 Å². The summed E-state index contributed by atoms with van der Waals surface area (Å²) in [7, 11) is 0. The number of nitrogens with one attached hydrogen (secondary N) is 1. The molecule has 0 unspecified atom stereocenters. The fourth-order valence-corrected chi connectivity index (χ4v) is 2.27. The van der Waals surface area contributed by atoms with Crippen molar-refractivity contribution in [3.8, 4) is 11.8 Å². The molecule has 0 fully saturated rings. The molecule has 11 heteroatoms. The first-order chi connectivity index (χ1) is 12.2. The number of hydrogen-bond donors (Lipinski definition) is 1. The highest BCUT2D eigenvalue weighted by atomic mass is 32.1. The number of amides is 1. The predicted molar refractivity (Wildman–Crippen MR) is 84.9 cm³/mol. The van der Waals surface area contributed by atoms with Crippen molar-refractivity contribution < 1.29 is 27.5 Å². The van der Waals surface area contributed by atoms with Gasteiger partial charge < -0.3 is 4.74 Å². The van der Waals surface area contributed by atoms with E-state index in [-0.39, 0.29) is 27.8 Å². The maximum atomic E-state index is 12.5. The highest BCUT2D eigenvalue weighted by Gasteiger charge is 2.35. The Kier molecular flexibility index (Phi) is 5.68. The van der Waals surface area contributed by atoms with Gasteiger partial charge in [-0.15, -0.1) is 10.2 Å². The molecule has 0 bridgehead atoms. The van der Waals surface area contributed by atoms with Crippen LogP contribution in [0.2, 0.25) is 0 Å². The maximum Gasteiger partial charge on any atom is 0.445 e. The lowest BCUT2D eigenvalue weighted by Gasteiger charge is -2.02. The first-order valence-electron chi connectivity index (χ1n) is 6.81. The molecule has 7 nitrogen and oxygen atoms in total. The van der Waals surface area contributed by atoms with E-state index >= 15 is 0 Å². The van der Waals surface area contributed by atoms with E-state index < -0.39 is 23.1 Å². The van der Waals surface area contributed by atoms with Crippen LogP contribution in [-0.4, -0.2) is 22.1 Å². The Morgan fingerprint density at radius 3 is 2.42 bits per heavy atom. The normalized spacial score (nSPS) is 11.6. The Bertz CT molecular complexity index is 898. The molecule has 0 radical (unpaired) electrons. The van der Waals surface area contributed by atoms with Crippen LogP contribution >= 0.6 is 11.3 Å². The average Bonchev–Trinajstić information content (AvgIpc) is 3.02. The standard InChI is InChI=1S/C15H9F3N4O3S/c1-8(23)25-11-4-2-9(3-5-11)6-10(7-19)12(24)20-14-22-21-13(26-14)15(16,17)18/h2-6H,1H3,(H,20,22,24)/b10-6-. The Labute approximate surface area is 148 Å². The zero-order valence-electron chi connectivity index (χ0n) is 13.0. The van der Waals surface area contributed by atoms with E-state index in [1.54, 1.807) is 6.07 Å². The molecule has 2 rings (SSSR count). The summed E-state index contributed by atoms with van der Waals surface area (Å²) in [4.78, 5) is 22.8. The largest absolute Gasteiger partial charge is 0.445 e. The summed E-state index contributed by atoms with van der Waals surface area (Å²) in [5.74, 6) is -1.15. The van der Waals surface area contributed by atoms with Crippen molar-refractivity contribution in [2.75, 3.05) is 5.32 Å². The first-order valence-corrected chi connectivity index (χ1v) is 7.63. The smallest absolute Gasteiger partial charge is 0.427 e. The molecule has 1 heterocycles. The van der Waals surface area contributed by atoms with Gasteiger partial charge in [-0.3, -0.25) is 14.9 Å². The second-order valence-electron chi connectivity index (χ2n) is 4.70. The highest BCUT2D eigenvalue weighted by molar-refractivity contribution is 7.15. The molecule has 26 heavy (non-hydrogen) atoms. The number of hydrogen-bond acceptors (Lipinski definition) is 7. The molecule has 0 atom stereocenters. The third-order valence-electron chi connectivity index (χ3n) is 2.71. The van der Waals surface area contributed by atoms with Crippen LogP contribution in [0.15, 0.2) is 29.8 Å². The van der Waals surface area contributed by atoms with Crippen LogP contribution in [0.4, 0.5) is 18.3 Å². The number of anilines is 1. The van der Waals surface area contributed by atoms with E-state index in [1.165, 1.54) is 37.3 Å². The van der Waals surface area contributed by atoms with Crippen LogP contribution < -0.4 is 10.1 Å². The number of rotatable bonds is 4. The van der Waals surface area contributed by atoms with Crippen LogP contribution in [0.5, 0.6) is 5.75 Å². The highest BCUT2D eigenvalue weighted by Crippen LogP contribution is 2.33. The van der Waals surface area contributed by atoms with Gasteiger partial charge in [0.05, 0.1) is 0 Å². The number of nitrogens with zero attached hydrogens (tertiary/aromatic N) is 3. The number of halogens is 3. The predicted octanol–water partition coefficient (Wildman–Crippen LogP) is 3.03. The SMILES string of the molecule is CC(=O)Oc1ccc(/C=C(/C#N)C(=O)Nc2nnc(C(F)(F)F)s2)cc1. The van der Waals surface area contributed by atoms with Gasteiger partial charge in [0.15, 0.2) is 0 Å². The van der Waals surface area contributed by atoms with Gasteiger partial charge in [0.25, 0.3) is 5.91 Å². The zero-order chi connectivity index (χ0) is 19.3. The molecule has 1 N–H and O–H groups in total. The number of benzene rings is 1. The zero-order valence-corrected chi connectivity index (χ0v) is 13.8. The molecule has 2 aromatic rings. The van der Waals surface area contributed by atoms with Crippen molar-refractivity contribution in [2.45, 2.75) is 13.1 Å². The first kappa shape index (κ1) is 19.1. The van der Waals surface area contributed by atoms with Crippen molar-refractivity contribution in [2.24, 2.45) is 0 Å². The molecule has 0 aliphatic carbocycles. The summed E-state index contributed by atoms with van der Waals surface area (Å²) < 4.78 is 42.2. The lowest BCUT2D eigenvalue weighted by Crippen LogP contribution is -2.13. The van der Waals surface area contributed by atoms with Crippen molar-refractivity contribution >= 4 is 34.4 Å². The van der Waals surface area contributed by atoms with Crippen LogP contribution in [0, 0.1) is 11.3 Å². The van der Waals surface area contributed by atoms with Gasteiger partial charge in [0, 0.05) is 6.92 Å².